The van der Waals surface area contributed by atoms with Crippen molar-refractivity contribution in [1.82, 2.24) is 10.2 Å². The Morgan fingerprint density at radius 1 is 1.26 bits per heavy atom. The van der Waals surface area contributed by atoms with Crippen LogP contribution in [0.2, 0.25) is 0 Å². The predicted octanol–water partition coefficient (Wildman–Crippen LogP) is 2.14. The molecule has 6 heteroatoms. The van der Waals surface area contributed by atoms with Crippen molar-refractivity contribution in [2.75, 3.05) is 6.54 Å². The molecule has 3 aliphatic rings. The lowest BCUT2D eigenvalue weighted by Crippen LogP contribution is -2.51. The molecule has 0 radical (unpaired) electrons. The second-order valence-electron chi connectivity index (χ2n) is 6.22. The van der Waals surface area contributed by atoms with E-state index in [0.717, 1.165) is 25.7 Å². The van der Waals surface area contributed by atoms with Gasteiger partial charge in [0, 0.05) is 6.04 Å². The summed E-state index contributed by atoms with van der Waals surface area (Å²) in [5.41, 5.74) is 0.655. The summed E-state index contributed by atoms with van der Waals surface area (Å²) in [5.74, 6) is -0.740. The van der Waals surface area contributed by atoms with E-state index < -0.39 is 5.92 Å². The van der Waals surface area contributed by atoms with Crippen molar-refractivity contribution in [3.63, 3.8) is 0 Å². The Hall–Kier alpha value is -1.82. The molecular formula is C17H21N3O2S. The minimum absolute atomic E-state index is 0.0427. The lowest BCUT2D eigenvalue weighted by molar-refractivity contribution is -0.133. The zero-order chi connectivity index (χ0) is 16.2. The van der Waals surface area contributed by atoms with Crippen molar-refractivity contribution >= 4 is 34.9 Å². The predicted molar refractivity (Wildman–Crippen MR) is 93.1 cm³/mol. The molecule has 0 saturated heterocycles. The van der Waals surface area contributed by atoms with Gasteiger partial charge in [0.05, 0.1) is 11.6 Å². The molecule has 1 unspecified atom stereocenters. The molecule has 3 rings (SSSR count). The van der Waals surface area contributed by atoms with E-state index in [-0.39, 0.29) is 29.5 Å². The summed E-state index contributed by atoms with van der Waals surface area (Å²) < 4.78 is 0. The van der Waals surface area contributed by atoms with Gasteiger partial charge < -0.3 is 5.32 Å². The molecule has 1 fully saturated rings. The summed E-state index contributed by atoms with van der Waals surface area (Å²) in [6.45, 7) is -0.0427. The summed E-state index contributed by atoms with van der Waals surface area (Å²) in [4.78, 5) is 30.4. The standard InChI is InChI=1S/C17H21N3O2S/c21-15(18-12-7-3-1-2-4-8-12)11-20-16(22)13-9-5-6-10-14(13)19-17(20)23/h5-6,9-10,12-13H,1-4,7-8,11H2,(H,18,21). The molecule has 0 bridgehead atoms. The number of amides is 2. The van der Waals surface area contributed by atoms with Crippen LogP contribution in [-0.2, 0) is 9.59 Å². The van der Waals surface area contributed by atoms with Gasteiger partial charge in [0.25, 0.3) is 0 Å². The molecule has 2 amide bonds. The molecule has 0 aromatic heterocycles. The van der Waals surface area contributed by atoms with Gasteiger partial charge in [-0.3, -0.25) is 14.5 Å². The quantitative estimate of drug-likeness (QED) is 0.636. The van der Waals surface area contributed by atoms with Crippen LogP contribution in [-0.4, -0.2) is 40.1 Å². The average Bonchev–Trinajstić information content (AvgIpc) is 2.80. The highest BCUT2D eigenvalue weighted by molar-refractivity contribution is 7.80. The number of nitrogens with one attached hydrogen (secondary N) is 1. The summed E-state index contributed by atoms with van der Waals surface area (Å²) in [5, 5.41) is 3.22. The third-order valence-electron chi connectivity index (χ3n) is 4.51. The molecule has 0 aromatic rings. The monoisotopic (exact) mass is 331 g/mol. The van der Waals surface area contributed by atoms with E-state index in [4.69, 9.17) is 12.2 Å². The molecule has 1 heterocycles. The Labute approximate surface area is 141 Å². The Balaban J connectivity index is 1.62. The Morgan fingerprint density at radius 2 is 2.00 bits per heavy atom. The highest BCUT2D eigenvalue weighted by Gasteiger charge is 2.34. The van der Waals surface area contributed by atoms with Crippen molar-refractivity contribution in [2.45, 2.75) is 44.6 Å². The SMILES string of the molecule is O=C(CN1C(=O)C2C=CC=CC2=NC1=S)NC1CCCCCC1. The van der Waals surface area contributed by atoms with E-state index in [1.165, 1.54) is 17.7 Å². The van der Waals surface area contributed by atoms with Crippen LogP contribution in [0, 0.1) is 5.92 Å². The minimum atomic E-state index is -0.419. The lowest BCUT2D eigenvalue weighted by Gasteiger charge is -2.30. The smallest absolute Gasteiger partial charge is 0.242 e. The normalized spacial score (nSPS) is 25.0. The summed E-state index contributed by atoms with van der Waals surface area (Å²) in [7, 11) is 0. The second-order valence-corrected chi connectivity index (χ2v) is 6.59. The first-order valence-electron chi connectivity index (χ1n) is 8.23. The van der Waals surface area contributed by atoms with Crippen LogP contribution in [0.5, 0.6) is 0 Å². The minimum Gasteiger partial charge on any atom is -0.352 e. The molecule has 1 aliphatic heterocycles. The Morgan fingerprint density at radius 3 is 2.74 bits per heavy atom. The van der Waals surface area contributed by atoms with Crippen LogP contribution < -0.4 is 5.32 Å². The maximum atomic E-state index is 12.5. The van der Waals surface area contributed by atoms with Crippen LogP contribution in [0.3, 0.4) is 0 Å². The van der Waals surface area contributed by atoms with Gasteiger partial charge in [-0.25, -0.2) is 4.99 Å². The Bertz CT molecular complexity index is 601. The van der Waals surface area contributed by atoms with Gasteiger partial charge in [-0.05, 0) is 31.1 Å². The van der Waals surface area contributed by atoms with E-state index in [9.17, 15) is 9.59 Å². The number of thiocarbonyl (C=S) groups is 1. The van der Waals surface area contributed by atoms with E-state index in [1.807, 2.05) is 12.2 Å². The summed E-state index contributed by atoms with van der Waals surface area (Å²) >= 11 is 5.20. The first-order valence-corrected chi connectivity index (χ1v) is 8.64. The largest absolute Gasteiger partial charge is 0.352 e. The first kappa shape index (κ1) is 16.1. The molecule has 1 atom stereocenters. The van der Waals surface area contributed by atoms with Crippen LogP contribution >= 0.6 is 12.2 Å². The molecule has 1 N–H and O–H groups in total. The number of carbonyl (C=O) groups excluding carboxylic acids is 2. The number of aliphatic imine (C=N–C) groups is 1. The number of allylic oxidation sites excluding steroid dienone is 3. The number of hydrogen-bond acceptors (Lipinski definition) is 3. The second kappa shape index (κ2) is 7.17. The van der Waals surface area contributed by atoms with E-state index >= 15 is 0 Å². The van der Waals surface area contributed by atoms with Crippen molar-refractivity contribution in [3.8, 4) is 0 Å². The topological polar surface area (TPSA) is 61.8 Å². The van der Waals surface area contributed by atoms with Crippen molar-refractivity contribution in [3.05, 3.63) is 24.3 Å². The molecule has 23 heavy (non-hydrogen) atoms. The number of hydrogen-bond donors (Lipinski definition) is 1. The number of fused-ring (bicyclic) bond motifs is 1. The van der Waals surface area contributed by atoms with Crippen LogP contribution in [0.4, 0.5) is 0 Å². The number of rotatable bonds is 3. The van der Waals surface area contributed by atoms with E-state index in [2.05, 4.69) is 10.3 Å². The number of nitrogens with zero attached hydrogens (tertiary/aromatic N) is 2. The fourth-order valence-corrected chi connectivity index (χ4v) is 3.53. The molecule has 1 saturated carbocycles. The van der Waals surface area contributed by atoms with Gasteiger partial charge in [-0.2, -0.15) is 0 Å². The third kappa shape index (κ3) is 3.75. The maximum absolute atomic E-state index is 12.5. The first-order chi connectivity index (χ1) is 11.1. The van der Waals surface area contributed by atoms with E-state index in [0.29, 0.717) is 5.71 Å². The zero-order valence-electron chi connectivity index (χ0n) is 13.0. The maximum Gasteiger partial charge on any atom is 0.242 e. The van der Waals surface area contributed by atoms with Gasteiger partial charge in [0.1, 0.15) is 6.54 Å². The van der Waals surface area contributed by atoms with Crippen LogP contribution in [0.15, 0.2) is 29.3 Å². The third-order valence-corrected chi connectivity index (χ3v) is 4.82. The van der Waals surface area contributed by atoms with Crippen molar-refractivity contribution in [1.29, 1.82) is 0 Å². The van der Waals surface area contributed by atoms with Gasteiger partial charge in [0.2, 0.25) is 16.9 Å². The molecule has 5 nitrogen and oxygen atoms in total. The van der Waals surface area contributed by atoms with Crippen molar-refractivity contribution in [2.24, 2.45) is 10.9 Å². The fraction of sp³-hybridized carbons (Fsp3) is 0.529. The molecule has 0 aromatic carbocycles. The summed E-state index contributed by atoms with van der Waals surface area (Å²) in [6.07, 6.45) is 14.0. The van der Waals surface area contributed by atoms with Crippen molar-refractivity contribution < 1.29 is 9.59 Å². The van der Waals surface area contributed by atoms with Gasteiger partial charge in [0.15, 0.2) is 0 Å². The van der Waals surface area contributed by atoms with Crippen LogP contribution in [0.25, 0.3) is 0 Å². The highest BCUT2D eigenvalue weighted by Crippen LogP contribution is 2.20. The van der Waals surface area contributed by atoms with Gasteiger partial charge >= 0.3 is 0 Å². The van der Waals surface area contributed by atoms with Crippen LogP contribution in [0.1, 0.15) is 38.5 Å². The van der Waals surface area contributed by atoms with Gasteiger partial charge in [-0.15, -0.1) is 0 Å². The average molecular weight is 331 g/mol. The molecular weight excluding hydrogens is 310 g/mol. The summed E-state index contributed by atoms with van der Waals surface area (Å²) in [6, 6.07) is 0.218. The zero-order valence-corrected chi connectivity index (χ0v) is 13.8. The lowest BCUT2D eigenvalue weighted by atomic mass is 9.95. The molecule has 0 spiro atoms. The van der Waals surface area contributed by atoms with Gasteiger partial charge in [-0.1, -0.05) is 43.9 Å². The van der Waals surface area contributed by atoms with E-state index in [1.54, 1.807) is 12.2 Å². The highest BCUT2D eigenvalue weighted by atomic mass is 32.1. The Kier molecular flexibility index (Phi) is 5.00. The molecule has 2 aliphatic carbocycles. The number of carbonyl (C=O) groups is 2. The molecule has 122 valence electrons. The fourth-order valence-electron chi connectivity index (χ4n) is 3.27.